The van der Waals surface area contributed by atoms with Crippen LogP contribution in [0.4, 0.5) is 5.82 Å². The van der Waals surface area contributed by atoms with Crippen LogP contribution in [0.2, 0.25) is 0 Å². The van der Waals surface area contributed by atoms with E-state index in [-0.39, 0.29) is 0 Å². The Morgan fingerprint density at radius 1 is 1.19 bits per heavy atom. The average molecular weight is 379 g/mol. The zero-order chi connectivity index (χ0) is 18.4. The molecule has 0 saturated carbocycles. The molecule has 1 aliphatic heterocycles. The number of aromatic nitrogens is 4. The molecular formula is C20H21N5OS. The summed E-state index contributed by atoms with van der Waals surface area (Å²) in [7, 11) is 1.96. The van der Waals surface area contributed by atoms with Crippen LogP contribution in [0.3, 0.4) is 0 Å². The maximum absolute atomic E-state index is 5.54. The van der Waals surface area contributed by atoms with E-state index >= 15 is 0 Å². The molecule has 1 aliphatic rings. The first-order valence-electron chi connectivity index (χ1n) is 9.29. The minimum atomic E-state index is 0.741. The number of nitrogens with zero attached hydrogens (tertiary/aromatic N) is 5. The Bertz CT molecular complexity index is 1130. The fraction of sp³-hybridized carbons (Fsp3) is 0.350. The van der Waals surface area contributed by atoms with Crippen LogP contribution in [0.1, 0.15) is 11.8 Å². The van der Waals surface area contributed by atoms with Crippen molar-refractivity contribution in [2.24, 2.45) is 7.05 Å². The lowest BCUT2D eigenvalue weighted by molar-refractivity contribution is 0.122. The topological polar surface area (TPSA) is 56.1 Å². The molecule has 0 aliphatic carbocycles. The fourth-order valence-electron chi connectivity index (χ4n) is 3.62. The first kappa shape index (κ1) is 16.6. The molecule has 1 aromatic carbocycles. The number of rotatable bonds is 3. The summed E-state index contributed by atoms with van der Waals surface area (Å²) in [6, 6.07) is 8.42. The highest BCUT2D eigenvalue weighted by atomic mass is 32.1. The largest absolute Gasteiger partial charge is 0.378 e. The van der Waals surface area contributed by atoms with Gasteiger partial charge in [-0.25, -0.2) is 9.97 Å². The van der Waals surface area contributed by atoms with E-state index in [1.807, 2.05) is 24.0 Å². The van der Waals surface area contributed by atoms with E-state index in [0.717, 1.165) is 66.3 Å². The molecule has 0 bridgehead atoms. The Morgan fingerprint density at radius 2 is 2.04 bits per heavy atom. The van der Waals surface area contributed by atoms with Crippen molar-refractivity contribution in [1.82, 2.24) is 19.7 Å². The zero-order valence-corrected chi connectivity index (χ0v) is 16.3. The third-order valence-electron chi connectivity index (χ3n) is 5.10. The molecule has 138 valence electrons. The summed E-state index contributed by atoms with van der Waals surface area (Å²) < 4.78 is 8.61. The summed E-state index contributed by atoms with van der Waals surface area (Å²) in [6.45, 7) is 5.39. The Hall–Kier alpha value is -2.51. The number of hydrogen-bond acceptors (Lipinski definition) is 6. The quantitative estimate of drug-likeness (QED) is 0.544. The Balaban J connectivity index is 1.74. The summed E-state index contributed by atoms with van der Waals surface area (Å²) in [5.41, 5.74) is 3.15. The second-order valence-electron chi connectivity index (χ2n) is 6.76. The number of anilines is 1. The molecule has 1 saturated heterocycles. The van der Waals surface area contributed by atoms with Crippen LogP contribution in [0.15, 0.2) is 30.5 Å². The van der Waals surface area contributed by atoms with Crippen LogP contribution in [-0.2, 0) is 18.2 Å². The van der Waals surface area contributed by atoms with Gasteiger partial charge in [0.1, 0.15) is 0 Å². The second-order valence-corrected chi connectivity index (χ2v) is 7.89. The van der Waals surface area contributed by atoms with Crippen molar-refractivity contribution in [1.29, 1.82) is 0 Å². The molecule has 3 aromatic heterocycles. The first-order valence-corrected chi connectivity index (χ1v) is 10.1. The van der Waals surface area contributed by atoms with Gasteiger partial charge in [-0.2, -0.15) is 5.10 Å². The molecule has 0 spiro atoms. The van der Waals surface area contributed by atoms with Crippen LogP contribution in [-0.4, -0.2) is 46.1 Å². The summed E-state index contributed by atoms with van der Waals surface area (Å²) in [5, 5.41) is 5.49. The van der Waals surface area contributed by atoms with Crippen LogP contribution < -0.4 is 4.90 Å². The highest BCUT2D eigenvalue weighted by Gasteiger charge is 2.21. The smallest absolute Gasteiger partial charge is 0.162 e. The Kier molecular flexibility index (Phi) is 4.06. The summed E-state index contributed by atoms with van der Waals surface area (Å²) in [5.74, 6) is 1.80. The van der Waals surface area contributed by atoms with Crippen molar-refractivity contribution in [2.45, 2.75) is 13.3 Å². The lowest BCUT2D eigenvalue weighted by Crippen LogP contribution is -2.36. The third kappa shape index (κ3) is 2.78. The van der Waals surface area contributed by atoms with Gasteiger partial charge in [-0.3, -0.25) is 4.68 Å². The maximum atomic E-state index is 5.54. The average Bonchev–Trinajstić information content (AvgIpc) is 3.31. The fourth-order valence-corrected chi connectivity index (χ4v) is 4.67. The van der Waals surface area contributed by atoms with Gasteiger partial charge in [0.15, 0.2) is 11.6 Å². The number of benzene rings is 1. The lowest BCUT2D eigenvalue weighted by atomic mass is 10.1. The standard InChI is InChI=1S/C20H21N5OS/c1-3-13-11-16-18(27-13)20(25-7-9-26-10-8-25)23-19(22-16)14-5-4-6-17-15(14)12-21-24(17)2/h4-6,11-12H,3,7-10H2,1-2H3. The maximum Gasteiger partial charge on any atom is 0.162 e. The van der Waals surface area contributed by atoms with Gasteiger partial charge in [0.05, 0.1) is 35.1 Å². The Morgan fingerprint density at radius 3 is 2.85 bits per heavy atom. The van der Waals surface area contributed by atoms with Crippen molar-refractivity contribution in [3.8, 4) is 11.4 Å². The monoisotopic (exact) mass is 379 g/mol. The minimum Gasteiger partial charge on any atom is -0.378 e. The molecular weight excluding hydrogens is 358 g/mol. The molecule has 7 heteroatoms. The van der Waals surface area contributed by atoms with Crippen LogP contribution in [0.25, 0.3) is 32.5 Å². The van der Waals surface area contributed by atoms with Crippen molar-refractivity contribution in [3.05, 3.63) is 35.3 Å². The second kappa shape index (κ2) is 6.58. The van der Waals surface area contributed by atoms with Gasteiger partial charge >= 0.3 is 0 Å². The van der Waals surface area contributed by atoms with Crippen LogP contribution in [0, 0.1) is 0 Å². The predicted octanol–water partition coefficient (Wildman–Crippen LogP) is 3.64. The molecule has 5 rings (SSSR count). The van der Waals surface area contributed by atoms with Gasteiger partial charge in [-0.05, 0) is 18.6 Å². The van der Waals surface area contributed by atoms with Crippen LogP contribution in [0.5, 0.6) is 0 Å². The Labute approximate surface area is 161 Å². The van der Waals surface area contributed by atoms with E-state index in [2.05, 4.69) is 35.1 Å². The minimum absolute atomic E-state index is 0.741. The van der Waals surface area contributed by atoms with Gasteiger partial charge < -0.3 is 9.64 Å². The van der Waals surface area contributed by atoms with E-state index in [9.17, 15) is 0 Å². The number of morpholine rings is 1. The summed E-state index contributed by atoms with van der Waals surface area (Å²) in [4.78, 5) is 13.6. The number of hydrogen-bond donors (Lipinski definition) is 0. The predicted molar refractivity (Wildman–Crippen MR) is 110 cm³/mol. The van der Waals surface area contributed by atoms with Crippen molar-refractivity contribution < 1.29 is 4.74 Å². The summed E-state index contributed by atoms with van der Waals surface area (Å²) in [6.07, 6.45) is 2.91. The molecule has 0 amide bonds. The third-order valence-corrected chi connectivity index (χ3v) is 6.36. The van der Waals surface area contributed by atoms with Gasteiger partial charge in [0.2, 0.25) is 0 Å². The van der Waals surface area contributed by atoms with Crippen molar-refractivity contribution in [3.63, 3.8) is 0 Å². The van der Waals surface area contributed by atoms with E-state index in [1.54, 1.807) is 11.3 Å². The normalized spacial score (nSPS) is 15.1. The lowest BCUT2D eigenvalue weighted by Gasteiger charge is -2.28. The van der Waals surface area contributed by atoms with Crippen molar-refractivity contribution in [2.75, 3.05) is 31.2 Å². The zero-order valence-electron chi connectivity index (χ0n) is 15.5. The molecule has 27 heavy (non-hydrogen) atoms. The molecule has 0 unspecified atom stereocenters. The molecule has 6 nitrogen and oxygen atoms in total. The van der Waals surface area contributed by atoms with E-state index in [1.165, 1.54) is 9.58 Å². The molecule has 0 radical (unpaired) electrons. The molecule has 1 fully saturated rings. The van der Waals surface area contributed by atoms with Gasteiger partial charge in [0.25, 0.3) is 0 Å². The van der Waals surface area contributed by atoms with Gasteiger partial charge in [-0.15, -0.1) is 11.3 Å². The van der Waals surface area contributed by atoms with Gasteiger partial charge in [-0.1, -0.05) is 19.1 Å². The highest BCUT2D eigenvalue weighted by Crippen LogP contribution is 2.36. The number of aryl methyl sites for hydroxylation is 2. The SMILES string of the molecule is CCc1cc2nc(-c3cccc4c3cnn4C)nc(N3CCOCC3)c2s1. The number of thiophene rings is 1. The molecule has 4 heterocycles. The number of fused-ring (bicyclic) bond motifs is 2. The van der Waals surface area contributed by atoms with Gasteiger partial charge in [0, 0.05) is 36.0 Å². The van der Waals surface area contributed by atoms with E-state index < -0.39 is 0 Å². The van der Waals surface area contributed by atoms with E-state index in [0.29, 0.717) is 0 Å². The van der Waals surface area contributed by atoms with Crippen LogP contribution >= 0.6 is 11.3 Å². The van der Waals surface area contributed by atoms with E-state index in [4.69, 9.17) is 14.7 Å². The first-order chi connectivity index (χ1) is 13.2. The molecule has 0 N–H and O–H groups in total. The molecule has 4 aromatic rings. The summed E-state index contributed by atoms with van der Waals surface area (Å²) >= 11 is 1.81. The highest BCUT2D eigenvalue weighted by molar-refractivity contribution is 7.19. The number of ether oxygens (including phenoxy) is 1. The molecule has 0 atom stereocenters. The van der Waals surface area contributed by atoms with Crippen molar-refractivity contribution >= 4 is 38.3 Å².